The van der Waals surface area contributed by atoms with E-state index in [4.69, 9.17) is 4.42 Å². The van der Waals surface area contributed by atoms with Crippen LogP contribution in [0, 0.1) is 0 Å². The smallest absolute Gasteiger partial charge is 0.416 e. The van der Waals surface area contributed by atoms with Crippen LogP contribution in [0.2, 0.25) is 0 Å². The van der Waals surface area contributed by atoms with Gasteiger partial charge in [0, 0.05) is 17.2 Å². The second-order valence-electron chi connectivity index (χ2n) is 6.41. The van der Waals surface area contributed by atoms with Crippen LogP contribution in [-0.4, -0.2) is 24.8 Å². The van der Waals surface area contributed by atoms with Crippen LogP contribution < -0.4 is 0 Å². The molecule has 0 unspecified atom stereocenters. The molecule has 0 N–H and O–H groups in total. The predicted octanol–water partition coefficient (Wildman–Crippen LogP) is 4.34. The second kappa shape index (κ2) is 5.63. The number of nitrogens with zero attached hydrogens (tertiary/aromatic N) is 5. The van der Waals surface area contributed by atoms with E-state index in [1.54, 1.807) is 12.1 Å². The van der Waals surface area contributed by atoms with Crippen molar-refractivity contribution in [1.29, 1.82) is 0 Å². The Hall–Kier alpha value is -3.23. The van der Waals surface area contributed by atoms with Gasteiger partial charge in [0.25, 0.3) is 5.89 Å². The highest BCUT2D eigenvalue weighted by molar-refractivity contribution is 5.72. The van der Waals surface area contributed by atoms with E-state index in [2.05, 4.69) is 20.3 Å². The molecule has 4 aromatic rings. The van der Waals surface area contributed by atoms with Crippen LogP contribution in [0.5, 0.6) is 0 Å². The number of fused-ring (bicyclic) bond motifs is 1. The van der Waals surface area contributed by atoms with Crippen molar-refractivity contribution >= 4 is 5.65 Å². The van der Waals surface area contributed by atoms with Gasteiger partial charge < -0.3 is 4.42 Å². The van der Waals surface area contributed by atoms with Crippen molar-refractivity contribution in [3.63, 3.8) is 0 Å². The predicted molar refractivity (Wildman–Crippen MR) is 88.7 cm³/mol. The minimum Gasteiger partial charge on any atom is -0.416 e. The van der Waals surface area contributed by atoms with E-state index in [1.165, 1.54) is 6.20 Å². The first-order chi connectivity index (χ1) is 13.0. The molecule has 3 aromatic heterocycles. The first-order valence-electron chi connectivity index (χ1n) is 8.36. The normalized spacial score (nSPS) is 14.8. The molecule has 3 heterocycles. The molecular formula is C18H12F3N5O. The zero-order valence-electron chi connectivity index (χ0n) is 13.8. The van der Waals surface area contributed by atoms with Crippen molar-refractivity contribution in [2.45, 2.75) is 24.9 Å². The van der Waals surface area contributed by atoms with Gasteiger partial charge in [-0.15, -0.1) is 10.2 Å². The molecule has 1 fully saturated rings. The van der Waals surface area contributed by atoms with Crippen LogP contribution >= 0.6 is 0 Å². The molecule has 1 saturated carbocycles. The van der Waals surface area contributed by atoms with Crippen molar-refractivity contribution in [2.24, 2.45) is 0 Å². The summed E-state index contributed by atoms with van der Waals surface area (Å²) in [5.74, 6) is 0.415. The van der Waals surface area contributed by atoms with E-state index in [0.717, 1.165) is 29.0 Å². The zero-order chi connectivity index (χ0) is 18.6. The molecule has 0 saturated heterocycles. The summed E-state index contributed by atoms with van der Waals surface area (Å²) in [6.45, 7) is 0. The first-order valence-corrected chi connectivity index (χ1v) is 8.36. The van der Waals surface area contributed by atoms with E-state index in [0.29, 0.717) is 5.69 Å². The van der Waals surface area contributed by atoms with Crippen molar-refractivity contribution in [3.05, 3.63) is 54.0 Å². The fourth-order valence-electron chi connectivity index (χ4n) is 2.95. The molecule has 0 aliphatic heterocycles. The van der Waals surface area contributed by atoms with Crippen LogP contribution in [0.25, 0.3) is 28.6 Å². The summed E-state index contributed by atoms with van der Waals surface area (Å²) in [5.41, 5.74) is 0.617. The number of halogens is 3. The molecular weight excluding hydrogens is 359 g/mol. The number of hydrogen-bond donors (Lipinski definition) is 0. The van der Waals surface area contributed by atoms with Gasteiger partial charge in [-0.1, -0.05) is 18.2 Å². The van der Waals surface area contributed by atoms with Gasteiger partial charge >= 0.3 is 6.18 Å². The minimum absolute atomic E-state index is 0.0569. The Morgan fingerprint density at radius 3 is 2.48 bits per heavy atom. The highest BCUT2D eigenvalue weighted by Gasteiger charge is 2.37. The number of benzene rings is 1. The quantitative estimate of drug-likeness (QED) is 0.536. The van der Waals surface area contributed by atoms with Crippen LogP contribution in [0.15, 0.2) is 47.0 Å². The lowest BCUT2D eigenvalue weighted by Gasteiger charge is -2.10. The molecule has 136 valence electrons. The Morgan fingerprint density at radius 1 is 1.04 bits per heavy atom. The largest absolute Gasteiger partial charge is 0.433 e. The lowest BCUT2D eigenvalue weighted by atomic mass is 10.2. The third kappa shape index (κ3) is 2.75. The Balaban J connectivity index is 1.66. The number of rotatable bonds is 3. The number of aromatic nitrogens is 5. The maximum Gasteiger partial charge on any atom is 0.433 e. The van der Waals surface area contributed by atoms with Crippen LogP contribution in [0.1, 0.15) is 30.1 Å². The van der Waals surface area contributed by atoms with E-state index >= 15 is 0 Å². The van der Waals surface area contributed by atoms with Crippen LogP contribution in [0.3, 0.4) is 0 Å². The third-order valence-electron chi connectivity index (χ3n) is 4.45. The third-order valence-corrected chi connectivity index (χ3v) is 4.45. The molecule has 9 heteroatoms. The standard InChI is InChI=1S/C18H12F3N5O/c19-18(20,21)14-8-13(10-6-7-10)23-15-12(9-22-26(14)15)17-25-24-16(27-17)11-4-2-1-3-5-11/h1-5,8-10H,6-7H2. The highest BCUT2D eigenvalue weighted by Crippen LogP contribution is 2.42. The highest BCUT2D eigenvalue weighted by atomic mass is 19.4. The summed E-state index contributed by atoms with van der Waals surface area (Å²) >= 11 is 0. The monoisotopic (exact) mass is 371 g/mol. The fraction of sp³-hybridized carbons (Fsp3) is 0.222. The summed E-state index contributed by atoms with van der Waals surface area (Å²) in [6, 6.07) is 10.2. The number of alkyl halides is 3. The van der Waals surface area contributed by atoms with E-state index in [-0.39, 0.29) is 28.9 Å². The average Bonchev–Trinajstić information content (AvgIpc) is 3.24. The summed E-state index contributed by atoms with van der Waals surface area (Å²) in [7, 11) is 0. The topological polar surface area (TPSA) is 69.1 Å². The van der Waals surface area contributed by atoms with Crippen molar-refractivity contribution in [3.8, 4) is 22.9 Å². The fourth-order valence-corrected chi connectivity index (χ4v) is 2.95. The van der Waals surface area contributed by atoms with Gasteiger partial charge in [0.05, 0.1) is 6.20 Å². The SMILES string of the molecule is FC(F)(F)c1cc(C2CC2)nc2c(-c3nnc(-c4ccccc4)o3)cnn12. The lowest BCUT2D eigenvalue weighted by Crippen LogP contribution is -2.14. The zero-order valence-corrected chi connectivity index (χ0v) is 13.8. The minimum atomic E-state index is -4.54. The van der Waals surface area contributed by atoms with Gasteiger partial charge in [-0.05, 0) is 31.0 Å². The van der Waals surface area contributed by atoms with Gasteiger partial charge in [0.2, 0.25) is 5.89 Å². The molecule has 0 radical (unpaired) electrons. The van der Waals surface area contributed by atoms with E-state index < -0.39 is 11.9 Å². The van der Waals surface area contributed by atoms with Crippen LogP contribution in [-0.2, 0) is 6.18 Å². The second-order valence-corrected chi connectivity index (χ2v) is 6.41. The molecule has 0 spiro atoms. The van der Waals surface area contributed by atoms with Gasteiger partial charge in [0.15, 0.2) is 5.65 Å². The molecule has 1 aromatic carbocycles. The maximum absolute atomic E-state index is 13.5. The summed E-state index contributed by atoms with van der Waals surface area (Å²) < 4.78 is 46.9. The molecule has 0 amide bonds. The Labute approximate surface area is 150 Å². The Morgan fingerprint density at radius 2 is 1.78 bits per heavy atom. The summed E-state index contributed by atoms with van der Waals surface area (Å²) in [6.07, 6.45) is -1.60. The molecule has 1 aliphatic carbocycles. The van der Waals surface area contributed by atoms with Gasteiger partial charge in [-0.25, -0.2) is 9.50 Å². The van der Waals surface area contributed by atoms with E-state index in [1.807, 2.05) is 18.2 Å². The maximum atomic E-state index is 13.5. The lowest BCUT2D eigenvalue weighted by molar-refractivity contribution is -0.142. The molecule has 0 atom stereocenters. The molecule has 27 heavy (non-hydrogen) atoms. The molecule has 6 nitrogen and oxygen atoms in total. The van der Waals surface area contributed by atoms with Gasteiger partial charge in [-0.2, -0.15) is 18.3 Å². The molecule has 0 bridgehead atoms. The number of hydrogen-bond acceptors (Lipinski definition) is 5. The average molecular weight is 371 g/mol. The van der Waals surface area contributed by atoms with Gasteiger partial charge in [-0.3, -0.25) is 0 Å². The molecule has 1 aliphatic rings. The Kier molecular flexibility index (Phi) is 3.33. The first kappa shape index (κ1) is 16.0. The van der Waals surface area contributed by atoms with E-state index in [9.17, 15) is 13.2 Å². The van der Waals surface area contributed by atoms with Crippen molar-refractivity contribution in [2.75, 3.05) is 0 Å². The van der Waals surface area contributed by atoms with Crippen molar-refractivity contribution in [1.82, 2.24) is 24.8 Å². The molecule has 5 rings (SSSR count). The van der Waals surface area contributed by atoms with Crippen LogP contribution in [0.4, 0.5) is 13.2 Å². The van der Waals surface area contributed by atoms with Gasteiger partial charge in [0.1, 0.15) is 11.3 Å². The summed E-state index contributed by atoms with van der Waals surface area (Å²) in [4.78, 5) is 4.40. The Bertz CT molecular complexity index is 1130. The summed E-state index contributed by atoms with van der Waals surface area (Å²) in [5, 5.41) is 11.8. The van der Waals surface area contributed by atoms with Crippen molar-refractivity contribution < 1.29 is 17.6 Å².